The maximum absolute atomic E-state index is 13.4. The van der Waals surface area contributed by atoms with Crippen molar-refractivity contribution in [1.82, 2.24) is 4.57 Å². The fraction of sp³-hybridized carbons (Fsp3) is 0.154. The summed E-state index contributed by atoms with van der Waals surface area (Å²) in [6.45, 7) is 3.59. The Morgan fingerprint density at radius 2 is 1.81 bits per heavy atom. The highest BCUT2D eigenvalue weighted by molar-refractivity contribution is 5.42. The molecular weight excluding hydrogens is 203 g/mol. The van der Waals surface area contributed by atoms with Crippen LogP contribution in [0.1, 0.15) is 17.0 Å². The van der Waals surface area contributed by atoms with Crippen LogP contribution in [-0.4, -0.2) is 4.57 Å². The predicted molar refractivity (Wildman–Crippen MR) is 59.9 cm³/mol. The highest BCUT2D eigenvalue weighted by atomic mass is 19.1. The van der Waals surface area contributed by atoms with Crippen molar-refractivity contribution in [3.8, 4) is 11.8 Å². The van der Waals surface area contributed by atoms with Gasteiger partial charge in [0.15, 0.2) is 0 Å². The maximum Gasteiger partial charge on any atom is 0.144 e. The Labute approximate surface area is 93.6 Å². The van der Waals surface area contributed by atoms with E-state index in [9.17, 15) is 4.39 Å². The first kappa shape index (κ1) is 10.4. The lowest BCUT2D eigenvalue weighted by Crippen LogP contribution is -1.99. The van der Waals surface area contributed by atoms with Crippen molar-refractivity contribution >= 4 is 0 Å². The van der Waals surface area contributed by atoms with Crippen LogP contribution in [0.5, 0.6) is 0 Å². The highest BCUT2D eigenvalue weighted by Crippen LogP contribution is 2.19. The largest absolute Gasteiger partial charge is 0.315 e. The monoisotopic (exact) mass is 214 g/mol. The minimum atomic E-state index is -0.207. The first-order valence-corrected chi connectivity index (χ1v) is 4.98. The number of halogens is 1. The second-order valence-corrected chi connectivity index (χ2v) is 3.71. The van der Waals surface area contributed by atoms with Crippen LogP contribution < -0.4 is 0 Å². The summed E-state index contributed by atoms with van der Waals surface area (Å²) in [7, 11) is 0. The summed E-state index contributed by atoms with van der Waals surface area (Å²) in [6.07, 6.45) is 0. The summed E-state index contributed by atoms with van der Waals surface area (Å²) in [5.74, 6) is -0.207. The molecule has 3 heteroatoms. The van der Waals surface area contributed by atoms with Gasteiger partial charge in [-0.05, 0) is 44.2 Å². The van der Waals surface area contributed by atoms with E-state index >= 15 is 0 Å². The van der Waals surface area contributed by atoms with E-state index in [1.165, 1.54) is 6.07 Å². The van der Waals surface area contributed by atoms with E-state index in [1.54, 1.807) is 19.1 Å². The summed E-state index contributed by atoms with van der Waals surface area (Å²) in [4.78, 5) is 0. The molecule has 16 heavy (non-hydrogen) atoms. The molecule has 80 valence electrons. The molecule has 1 aromatic heterocycles. The van der Waals surface area contributed by atoms with E-state index in [2.05, 4.69) is 6.07 Å². The molecule has 0 N–H and O–H groups in total. The van der Waals surface area contributed by atoms with Gasteiger partial charge in [-0.3, -0.25) is 0 Å². The normalized spacial score (nSPS) is 10.1. The quantitative estimate of drug-likeness (QED) is 0.717. The Balaban J connectivity index is 2.55. The van der Waals surface area contributed by atoms with Crippen LogP contribution in [0.15, 0.2) is 30.3 Å². The molecule has 0 bridgehead atoms. The van der Waals surface area contributed by atoms with E-state index in [-0.39, 0.29) is 5.82 Å². The van der Waals surface area contributed by atoms with E-state index in [4.69, 9.17) is 5.26 Å². The van der Waals surface area contributed by atoms with Crippen molar-refractivity contribution in [3.05, 3.63) is 53.1 Å². The molecule has 0 fully saturated rings. The number of rotatable bonds is 1. The fourth-order valence-electron chi connectivity index (χ4n) is 1.81. The molecule has 0 saturated heterocycles. The summed E-state index contributed by atoms with van der Waals surface area (Å²) >= 11 is 0. The molecule has 2 rings (SSSR count). The first-order chi connectivity index (χ1) is 7.63. The SMILES string of the molecule is Cc1cc(F)c(C)n1-c1ccc(C#N)cc1. The summed E-state index contributed by atoms with van der Waals surface area (Å²) in [5.41, 5.74) is 2.91. The Hall–Kier alpha value is -2.08. The minimum Gasteiger partial charge on any atom is -0.315 e. The molecule has 0 atom stereocenters. The summed E-state index contributed by atoms with van der Waals surface area (Å²) in [5, 5.41) is 8.70. The van der Waals surface area contributed by atoms with Crippen molar-refractivity contribution in [3.63, 3.8) is 0 Å². The Kier molecular flexibility index (Phi) is 2.49. The lowest BCUT2D eigenvalue weighted by Gasteiger charge is -2.08. The van der Waals surface area contributed by atoms with Gasteiger partial charge in [-0.2, -0.15) is 5.26 Å². The number of nitriles is 1. The van der Waals surface area contributed by atoms with Gasteiger partial charge in [-0.1, -0.05) is 0 Å². The predicted octanol–water partition coefficient (Wildman–Crippen LogP) is 3.10. The van der Waals surface area contributed by atoms with E-state index in [1.807, 2.05) is 23.6 Å². The third kappa shape index (κ3) is 1.59. The van der Waals surface area contributed by atoms with Gasteiger partial charge < -0.3 is 4.57 Å². The van der Waals surface area contributed by atoms with E-state index in [0.29, 0.717) is 11.3 Å². The third-order valence-corrected chi connectivity index (χ3v) is 2.62. The molecule has 0 aliphatic heterocycles. The second kappa shape index (κ2) is 3.82. The van der Waals surface area contributed by atoms with Gasteiger partial charge in [0.05, 0.1) is 17.3 Å². The number of nitrogens with zero attached hydrogens (tertiary/aromatic N) is 2. The van der Waals surface area contributed by atoms with Crippen LogP contribution in [-0.2, 0) is 0 Å². The molecule has 0 amide bonds. The van der Waals surface area contributed by atoms with Crippen molar-refractivity contribution in [2.45, 2.75) is 13.8 Å². The number of aryl methyl sites for hydroxylation is 1. The van der Waals surface area contributed by atoms with Gasteiger partial charge in [0, 0.05) is 11.4 Å². The Morgan fingerprint density at radius 1 is 1.19 bits per heavy atom. The van der Waals surface area contributed by atoms with Crippen LogP contribution in [0.2, 0.25) is 0 Å². The minimum absolute atomic E-state index is 0.207. The zero-order valence-electron chi connectivity index (χ0n) is 9.16. The number of benzene rings is 1. The second-order valence-electron chi connectivity index (χ2n) is 3.71. The molecule has 0 aliphatic carbocycles. The summed E-state index contributed by atoms with van der Waals surface area (Å²) < 4.78 is 15.2. The first-order valence-electron chi connectivity index (χ1n) is 4.98. The molecule has 0 radical (unpaired) electrons. The van der Waals surface area contributed by atoms with Gasteiger partial charge in [0.2, 0.25) is 0 Å². The van der Waals surface area contributed by atoms with Gasteiger partial charge in [0.25, 0.3) is 0 Å². The number of hydrogen-bond donors (Lipinski definition) is 0. The zero-order valence-corrected chi connectivity index (χ0v) is 9.16. The van der Waals surface area contributed by atoms with Crippen LogP contribution in [0, 0.1) is 31.0 Å². The standard InChI is InChI=1S/C13H11FN2/c1-9-7-13(14)10(2)16(9)12-5-3-11(8-15)4-6-12/h3-7H,1-2H3. The smallest absolute Gasteiger partial charge is 0.144 e. The average Bonchev–Trinajstić information content (AvgIpc) is 2.54. The molecular formula is C13H11FN2. The zero-order chi connectivity index (χ0) is 11.7. The van der Waals surface area contributed by atoms with Gasteiger partial charge >= 0.3 is 0 Å². The molecule has 0 aliphatic rings. The number of hydrogen-bond acceptors (Lipinski definition) is 1. The van der Waals surface area contributed by atoms with Crippen molar-refractivity contribution in [2.75, 3.05) is 0 Å². The Morgan fingerprint density at radius 3 is 2.25 bits per heavy atom. The van der Waals surface area contributed by atoms with Crippen LogP contribution in [0.3, 0.4) is 0 Å². The van der Waals surface area contributed by atoms with E-state index in [0.717, 1.165) is 11.4 Å². The van der Waals surface area contributed by atoms with Crippen LogP contribution >= 0.6 is 0 Å². The van der Waals surface area contributed by atoms with Gasteiger partial charge in [-0.25, -0.2) is 4.39 Å². The lowest BCUT2D eigenvalue weighted by atomic mass is 10.2. The van der Waals surface area contributed by atoms with Crippen molar-refractivity contribution < 1.29 is 4.39 Å². The molecule has 0 spiro atoms. The summed E-state index contributed by atoms with van der Waals surface area (Å²) in [6, 6.07) is 10.7. The van der Waals surface area contributed by atoms with Crippen LogP contribution in [0.25, 0.3) is 5.69 Å². The molecule has 2 aromatic rings. The average molecular weight is 214 g/mol. The third-order valence-electron chi connectivity index (χ3n) is 2.62. The maximum atomic E-state index is 13.4. The Bertz CT molecular complexity index is 559. The van der Waals surface area contributed by atoms with Crippen molar-refractivity contribution in [1.29, 1.82) is 5.26 Å². The van der Waals surface area contributed by atoms with E-state index < -0.39 is 0 Å². The highest BCUT2D eigenvalue weighted by Gasteiger charge is 2.09. The molecule has 2 nitrogen and oxygen atoms in total. The molecule has 1 heterocycles. The molecule has 1 aromatic carbocycles. The fourth-order valence-corrected chi connectivity index (χ4v) is 1.81. The van der Waals surface area contributed by atoms with Crippen LogP contribution in [0.4, 0.5) is 4.39 Å². The lowest BCUT2D eigenvalue weighted by molar-refractivity contribution is 0.616. The van der Waals surface area contributed by atoms with Crippen molar-refractivity contribution in [2.24, 2.45) is 0 Å². The molecule has 0 unspecified atom stereocenters. The van der Waals surface area contributed by atoms with Gasteiger partial charge in [-0.15, -0.1) is 0 Å². The van der Waals surface area contributed by atoms with Gasteiger partial charge in [0.1, 0.15) is 5.82 Å². The number of aromatic nitrogens is 1. The topological polar surface area (TPSA) is 28.7 Å². The molecule has 0 saturated carbocycles.